The number of carbonyl (C=O) groups excluding carboxylic acids is 5. The number of halogens is 9. The van der Waals surface area contributed by atoms with Crippen molar-refractivity contribution in [2.45, 2.75) is 96.8 Å². The first-order valence-corrected chi connectivity index (χ1v) is 41.7. The van der Waals surface area contributed by atoms with Gasteiger partial charge in [0.15, 0.2) is 25.3 Å². The Labute approximate surface area is 771 Å². The van der Waals surface area contributed by atoms with Gasteiger partial charge in [0.1, 0.15) is 27.9 Å². The van der Waals surface area contributed by atoms with Gasteiger partial charge in [-0.2, -0.15) is 55.4 Å². The molecule has 3 atom stereocenters. The van der Waals surface area contributed by atoms with Crippen LogP contribution in [-0.2, 0) is 9.47 Å². The van der Waals surface area contributed by atoms with Crippen molar-refractivity contribution in [3.05, 3.63) is 190 Å². The number of benzene rings is 6. The van der Waals surface area contributed by atoms with Crippen LogP contribution in [0.4, 0.5) is 72.7 Å². The minimum absolute atomic E-state index is 0. The van der Waals surface area contributed by atoms with Gasteiger partial charge in [-0.1, -0.05) is 134 Å². The summed E-state index contributed by atoms with van der Waals surface area (Å²) in [6.45, 7) is 23.7. The third-order valence-corrected chi connectivity index (χ3v) is 22.0. The molecule has 5 N–H and O–H groups in total. The number of nitrogen functional groups attached to an aromatic ring is 1. The van der Waals surface area contributed by atoms with Crippen molar-refractivity contribution >= 4 is 250 Å². The summed E-state index contributed by atoms with van der Waals surface area (Å²) in [6, 6.07) is 32.3. The zero-order valence-electron chi connectivity index (χ0n) is 67.1. The predicted octanol–water partition coefficient (Wildman–Crippen LogP) is 18.8. The summed E-state index contributed by atoms with van der Waals surface area (Å²) in [7, 11) is 0. The maximum atomic E-state index is 13.1. The van der Waals surface area contributed by atoms with E-state index in [4.69, 9.17) is 134 Å². The SMILES string of the molecule is CSc1ncc2c(n1)OCN(c1c(Cl)cccc1Cl)C2=O.C[C@H]1CN(c2ccc(N)cc2Cl)CCN1C(=O)OC(C)(C)C.C[C@H]1CN(c2ccc(Nc3ncc4c(n3)OCN(c3c(Cl)cccc3Cl)C4=O)cc2Cl)CCN1.C[C@H]1CN(c2ccc(Nc3ncc4c(n3)OCN(c3c(Cl)cccc3Cl)C4=O)cc2Cl)CCN1C(=O)OC(C)(C)C.S.S.S. The second-order valence-corrected chi connectivity index (χ2v) is 34.1. The van der Waals surface area contributed by atoms with Crippen LogP contribution < -0.4 is 65.3 Å². The molecule has 15 rings (SSSR count). The second kappa shape index (κ2) is 41.9. The first-order valence-electron chi connectivity index (χ1n) is 37.1. The lowest BCUT2D eigenvalue weighted by Crippen LogP contribution is -2.55. The molecule has 41 heteroatoms. The largest absolute Gasteiger partial charge is 0.455 e. The van der Waals surface area contributed by atoms with Crippen molar-refractivity contribution < 1.29 is 47.7 Å². The number of carbonyl (C=O) groups is 5. The zero-order valence-corrected chi connectivity index (χ0v) is 77.7. The predicted molar refractivity (Wildman–Crippen MR) is 500 cm³/mol. The molecular formula is C80H89Cl9N18O10S4. The van der Waals surface area contributed by atoms with Crippen molar-refractivity contribution in [2.24, 2.45) is 0 Å². The molecule has 3 saturated heterocycles. The van der Waals surface area contributed by atoms with Gasteiger partial charge < -0.3 is 69.9 Å². The van der Waals surface area contributed by atoms with Crippen molar-refractivity contribution in [1.82, 2.24) is 45.0 Å². The van der Waals surface area contributed by atoms with E-state index in [0.717, 1.165) is 42.4 Å². The maximum Gasteiger partial charge on any atom is 0.410 e. The van der Waals surface area contributed by atoms with Gasteiger partial charge in [0.25, 0.3) is 17.7 Å². The molecule has 121 heavy (non-hydrogen) atoms. The number of aromatic nitrogens is 6. The van der Waals surface area contributed by atoms with Crippen molar-refractivity contribution in [3.8, 4) is 17.6 Å². The van der Waals surface area contributed by atoms with Crippen LogP contribution in [-0.4, -0.2) is 184 Å². The lowest BCUT2D eigenvalue weighted by molar-refractivity contribution is 0.0148. The normalized spacial score (nSPS) is 16.8. The van der Waals surface area contributed by atoms with Crippen LogP contribution in [0.25, 0.3) is 0 Å². The molecule has 6 aliphatic heterocycles. The number of ether oxygens (including phenoxy) is 5. The number of para-hydroxylation sites is 3. The highest BCUT2D eigenvalue weighted by atomic mass is 35.5. The van der Waals surface area contributed by atoms with Crippen LogP contribution in [0.2, 0.25) is 45.2 Å². The van der Waals surface area contributed by atoms with Gasteiger partial charge in [-0.05, 0) is 160 Å². The molecule has 0 bridgehead atoms. The quantitative estimate of drug-likeness (QED) is 0.0531. The number of fused-ring (bicyclic) bond motifs is 3. The standard InChI is InChI=1S/C28H29Cl3N6O4.C23H21Cl3N6O2.C16H24ClN3O2.C13H9Cl2N3O2S.3H2S/c1-16-14-35(10-11-36(16)27(39)41-28(2,3)4)22-9-8-17(12-21(22)31)33-26-32-13-18-24(34-26)40-15-37(25(18)38)23-19(29)6-5-7-20(23)30;1-13-11-31(8-7-27-13)19-6-5-14(9-18(19)26)29-23-28-10-15-21(30-23)34-12-32(22(15)33)20-16(24)3-2-4-17(20)25;1-11-10-19(14-6-5-12(18)9-13(14)17)7-8-20(11)15(21)22-16(2,3)4;1-21-13-16-5-7-11(17-13)20-6-18(12(7)19)10-8(14)3-2-4-9(10)15;;;/h5-9,12-13,16H,10-11,14-15H2,1-4H3,(H,32,33,34);2-6,9-10,13,27H,7-8,11-12H2,1H3,(H,28,29,30);5-6,9,11H,7-8,10,18H2,1-4H3;2-5H,6H2,1H3;3*1H2/t16-;13-;11-;;;;/m000..../s1. The lowest BCUT2D eigenvalue weighted by atomic mass is 10.1. The molecule has 646 valence electrons. The highest BCUT2D eigenvalue weighted by Crippen LogP contribution is 2.43. The van der Waals surface area contributed by atoms with E-state index in [1.54, 1.807) is 76.5 Å². The number of rotatable bonds is 11. The fourth-order valence-electron chi connectivity index (χ4n) is 13.2. The topological polar surface area (TPSA) is 297 Å². The molecule has 28 nitrogen and oxygen atoms in total. The average Bonchev–Trinajstić information content (AvgIpc) is 0.788. The highest BCUT2D eigenvalue weighted by Gasteiger charge is 2.38. The van der Waals surface area contributed by atoms with Gasteiger partial charge in [-0.3, -0.25) is 29.1 Å². The summed E-state index contributed by atoms with van der Waals surface area (Å²) in [4.78, 5) is 103. The molecule has 0 saturated carbocycles. The fraction of sp³-hybridized carbons (Fsp3) is 0.338. The summed E-state index contributed by atoms with van der Waals surface area (Å²) >= 11 is 58.2. The van der Waals surface area contributed by atoms with Gasteiger partial charge >= 0.3 is 12.2 Å². The Morgan fingerprint density at radius 1 is 0.471 bits per heavy atom. The molecule has 9 heterocycles. The monoisotopic (exact) mass is 1900 g/mol. The number of amides is 5. The Bertz CT molecular complexity index is 5230. The lowest BCUT2D eigenvalue weighted by Gasteiger charge is -2.41. The molecule has 6 aromatic carbocycles. The number of thioether (sulfide) groups is 1. The van der Waals surface area contributed by atoms with E-state index in [9.17, 15) is 24.0 Å². The van der Waals surface area contributed by atoms with E-state index < -0.39 is 11.2 Å². The Hall–Kier alpha value is -8.32. The Kier molecular flexibility index (Phi) is 33.4. The molecule has 0 radical (unpaired) electrons. The molecule has 5 amide bonds. The number of anilines is 11. The van der Waals surface area contributed by atoms with E-state index in [1.807, 2.05) is 104 Å². The first-order chi connectivity index (χ1) is 56.1. The second-order valence-electron chi connectivity index (χ2n) is 29.7. The third-order valence-electron chi connectivity index (χ3n) is 18.7. The van der Waals surface area contributed by atoms with Crippen LogP contribution in [0.15, 0.2) is 133 Å². The molecule has 0 aliphatic carbocycles. The number of nitrogens with two attached hydrogens (primary N) is 1. The summed E-state index contributed by atoms with van der Waals surface area (Å²) < 4.78 is 28.0. The number of hydrogen-bond acceptors (Lipinski definition) is 24. The van der Waals surface area contributed by atoms with Crippen molar-refractivity contribution in [1.29, 1.82) is 0 Å². The fourth-order valence-corrected chi connectivity index (χ4v) is 16.3. The molecule has 0 spiro atoms. The summed E-state index contributed by atoms with van der Waals surface area (Å²) in [5.41, 5.74) is 11.4. The molecule has 3 fully saturated rings. The van der Waals surface area contributed by atoms with Crippen LogP contribution in [0.5, 0.6) is 17.6 Å². The van der Waals surface area contributed by atoms with Crippen molar-refractivity contribution in [2.75, 3.05) is 131 Å². The minimum atomic E-state index is -0.547. The zero-order chi connectivity index (χ0) is 84.8. The van der Waals surface area contributed by atoms with E-state index in [1.165, 1.54) is 45.1 Å². The van der Waals surface area contributed by atoms with Crippen LogP contribution >= 0.6 is 157 Å². The molecule has 0 unspecified atom stereocenters. The van der Waals surface area contributed by atoms with Gasteiger partial charge in [0.05, 0.1) is 79.3 Å². The van der Waals surface area contributed by atoms with Gasteiger partial charge in [-0.15, -0.1) is 0 Å². The number of nitrogens with zero attached hydrogens (tertiary/aromatic N) is 14. The smallest absolute Gasteiger partial charge is 0.410 e. The Balaban J connectivity index is 0.000000189. The van der Waals surface area contributed by atoms with Gasteiger partial charge in [0.2, 0.25) is 29.5 Å². The Morgan fingerprint density at radius 3 is 1.16 bits per heavy atom. The average molecular weight is 1910 g/mol. The van der Waals surface area contributed by atoms with Crippen LogP contribution in [0.3, 0.4) is 0 Å². The van der Waals surface area contributed by atoms with Gasteiger partial charge in [-0.25, -0.2) is 24.5 Å². The van der Waals surface area contributed by atoms with E-state index in [2.05, 4.69) is 67.5 Å². The highest BCUT2D eigenvalue weighted by molar-refractivity contribution is 7.98. The van der Waals surface area contributed by atoms with Crippen molar-refractivity contribution in [3.63, 3.8) is 0 Å². The molecule has 3 aromatic heterocycles. The van der Waals surface area contributed by atoms with Crippen LogP contribution in [0, 0.1) is 0 Å². The summed E-state index contributed by atoms with van der Waals surface area (Å²) in [6.07, 6.45) is 5.54. The molecule has 6 aliphatic rings. The first kappa shape index (κ1) is 96.5. The molecule has 9 aromatic rings. The van der Waals surface area contributed by atoms with Crippen LogP contribution in [0.1, 0.15) is 93.4 Å². The maximum absolute atomic E-state index is 13.1. The number of piperazine rings is 3. The van der Waals surface area contributed by atoms with Gasteiger partial charge in [0, 0.05) is 113 Å². The summed E-state index contributed by atoms with van der Waals surface area (Å²) in [5, 5.41) is 14.1. The number of hydrogen-bond donors (Lipinski definition) is 4. The van der Waals surface area contributed by atoms with E-state index in [0.29, 0.717) is 124 Å². The Morgan fingerprint density at radius 2 is 0.818 bits per heavy atom. The van der Waals surface area contributed by atoms with E-state index in [-0.39, 0.29) is 149 Å². The summed E-state index contributed by atoms with van der Waals surface area (Å²) in [5.74, 6) is 0.116. The third kappa shape index (κ3) is 23.6. The van der Waals surface area contributed by atoms with E-state index >= 15 is 0 Å². The molecular weight excluding hydrogens is 1820 g/mol. The number of nitrogens with one attached hydrogen (secondary N) is 3. The minimum Gasteiger partial charge on any atom is -0.455 e.